The summed E-state index contributed by atoms with van der Waals surface area (Å²) < 4.78 is 15.0. The fourth-order valence-electron chi connectivity index (χ4n) is 1.81. The average molecular weight is 393 g/mol. The van der Waals surface area contributed by atoms with Gasteiger partial charge in [-0.1, -0.05) is 22.0 Å². The molecular formula is C13H12Br2FNS. The predicted molar refractivity (Wildman–Crippen MR) is 81.6 cm³/mol. The third-order valence-electron chi connectivity index (χ3n) is 2.77. The Balaban J connectivity index is 2.26. The van der Waals surface area contributed by atoms with E-state index in [0.717, 1.165) is 20.9 Å². The quantitative estimate of drug-likeness (QED) is 0.778. The summed E-state index contributed by atoms with van der Waals surface area (Å²) in [6, 6.07) is 7.03. The molecule has 0 radical (unpaired) electrons. The van der Waals surface area contributed by atoms with E-state index in [0.29, 0.717) is 0 Å². The van der Waals surface area contributed by atoms with E-state index in [1.807, 2.05) is 19.2 Å². The molecule has 1 nitrogen and oxygen atoms in total. The second-order valence-corrected chi connectivity index (χ2v) is 6.61. The lowest BCUT2D eigenvalue weighted by atomic mass is 10.0. The highest BCUT2D eigenvalue weighted by atomic mass is 79.9. The summed E-state index contributed by atoms with van der Waals surface area (Å²) in [6.07, 6.45) is 0.874. The number of thiophene rings is 1. The van der Waals surface area contributed by atoms with Gasteiger partial charge in [0.25, 0.3) is 0 Å². The van der Waals surface area contributed by atoms with Crippen molar-refractivity contribution in [2.75, 3.05) is 7.05 Å². The van der Waals surface area contributed by atoms with Crippen LogP contribution in [0.3, 0.4) is 0 Å². The number of benzene rings is 1. The van der Waals surface area contributed by atoms with Gasteiger partial charge in [0.1, 0.15) is 5.82 Å². The first kappa shape index (κ1) is 14.2. The Morgan fingerprint density at radius 2 is 2.06 bits per heavy atom. The highest BCUT2D eigenvalue weighted by molar-refractivity contribution is 9.10. The van der Waals surface area contributed by atoms with Crippen molar-refractivity contribution in [1.29, 1.82) is 0 Å². The van der Waals surface area contributed by atoms with Crippen LogP contribution in [0.15, 0.2) is 38.6 Å². The Kier molecular flexibility index (Phi) is 4.95. The molecule has 2 aromatic rings. The van der Waals surface area contributed by atoms with Crippen LogP contribution in [0.25, 0.3) is 0 Å². The minimum absolute atomic E-state index is 0.162. The zero-order valence-corrected chi connectivity index (χ0v) is 13.7. The summed E-state index contributed by atoms with van der Waals surface area (Å²) in [4.78, 5) is 1.28. The van der Waals surface area contributed by atoms with Crippen molar-refractivity contribution in [3.63, 3.8) is 0 Å². The smallest absolute Gasteiger partial charge is 0.124 e. The second kappa shape index (κ2) is 6.28. The van der Waals surface area contributed by atoms with Crippen LogP contribution in [0.5, 0.6) is 0 Å². The van der Waals surface area contributed by atoms with Crippen LogP contribution >= 0.6 is 43.2 Å². The molecule has 18 heavy (non-hydrogen) atoms. The van der Waals surface area contributed by atoms with Crippen LogP contribution in [0.4, 0.5) is 4.39 Å². The zero-order valence-electron chi connectivity index (χ0n) is 9.71. The Bertz CT molecular complexity index is 542. The summed E-state index contributed by atoms with van der Waals surface area (Å²) in [5, 5.41) is 5.34. The summed E-state index contributed by atoms with van der Waals surface area (Å²) in [5.41, 5.74) is 1.07. The monoisotopic (exact) mass is 391 g/mol. The fraction of sp³-hybridized carbons (Fsp3) is 0.231. The summed E-state index contributed by atoms with van der Waals surface area (Å²) >= 11 is 8.68. The molecule has 1 N–H and O–H groups in total. The minimum Gasteiger partial charge on any atom is -0.313 e. The lowest BCUT2D eigenvalue weighted by Crippen LogP contribution is -2.19. The maximum Gasteiger partial charge on any atom is 0.124 e. The van der Waals surface area contributed by atoms with Gasteiger partial charge in [-0.15, -0.1) is 11.3 Å². The Morgan fingerprint density at radius 3 is 2.61 bits per heavy atom. The Labute approximate surface area is 127 Å². The summed E-state index contributed by atoms with van der Waals surface area (Å²) in [6.45, 7) is 0. The molecule has 2 rings (SSSR count). The average Bonchev–Trinajstić information content (AvgIpc) is 2.73. The van der Waals surface area contributed by atoms with Crippen molar-refractivity contribution in [1.82, 2.24) is 5.32 Å². The molecule has 0 aliphatic rings. The lowest BCUT2D eigenvalue weighted by molar-refractivity contribution is 0.586. The standard InChI is InChI=1S/C13H12Br2FNS/c1-17-12(7-13-10(14)4-5-18-13)9-3-2-8(16)6-11(9)15/h2-6,12,17H,7H2,1H3. The van der Waals surface area contributed by atoms with E-state index >= 15 is 0 Å². The SMILES string of the molecule is CNC(Cc1sccc1Br)c1ccc(F)cc1Br. The van der Waals surface area contributed by atoms with Gasteiger partial charge >= 0.3 is 0 Å². The molecule has 1 aromatic carbocycles. The van der Waals surface area contributed by atoms with Gasteiger partial charge < -0.3 is 5.32 Å². The largest absolute Gasteiger partial charge is 0.313 e. The fourth-order valence-corrected chi connectivity index (χ4v) is 4.00. The molecule has 0 saturated carbocycles. The molecule has 0 fully saturated rings. The number of halogens is 3. The van der Waals surface area contributed by atoms with Gasteiger partial charge in [0.2, 0.25) is 0 Å². The highest BCUT2D eigenvalue weighted by Crippen LogP contribution is 2.31. The van der Waals surface area contributed by atoms with E-state index in [1.54, 1.807) is 11.3 Å². The first-order valence-corrected chi connectivity index (χ1v) is 7.92. The normalized spacial score (nSPS) is 12.7. The molecule has 0 spiro atoms. The second-order valence-electron chi connectivity index (χ2n) is 3.90. The predicted octanol–water partition coefficient (Wildman–Crippen LogP) is 4.92. The van der Waals surface area contributed by atoms with Crippen LogP contribution in [0.1, 0.15) is 16.5 Å². The lowest BCUT2D eigenvalue weighted by Gasteiger charge is -2.17. The van der Waals surface area contributed by atoms with Crippen molar-refractivity contribution in [3.05, 3.63) is 54.8 Å². The van der Waals surface area contributed by atoms with Gasteiger partial charge in [-0.3, -0.25) is 0 Å². The van der Waals surface area contributed by atoms with Crippen molar-refractivity contribution in [2.45, 2.75) is 12.5 Å². The molecule has 0 amide bonds. The number of hydrogen-bond acceptors (Lipinski definition) is 2. The van der Waals surface area contributed by atoms with Gasteiger partial charge in [-0.05, 0) is 52.1 Å². The molecule has 1 unspecified atom stereocenters. The molecule has 5 heteroatoms. The van der Waals surface area contributed by atoms with Crippen molar-refractivity contribution >= 4 is 43.2 Å². The van der Waals surface area contributed by atoms with Gasteiger partial charge in [-0.2, -0.15) is 0 Å². The van der Waals surface area contributed by atoms with E-state index in [1.165, 1.54) is 17.0 Å². The third-order valence-corrected chi connectivity index (χ3v) is 5.40. The molecule has 0 aliphatic carbocycles. The highest BCUT2D eigenvalue weighted by Gasteiger charge is 2.15. The van der Waals surface area contributed by atoms with E-state index in [9.17, 15) is 4.39 Å². The van der Waals surface area contributed by atoms with Crippen molar-refractivity contribution in [2.24, 2.45) is 0 Å². The number of likely N-dealkylation sites (N-methyl/N-ethyl adjacent to an activating group) is 1. The molecule has 1 atom stereocenters. The summed E-state index contributed by atoms with van der Waals surface area (Å²) in [5.74, 6) is -0.224. The van der Waals surface area contributed by atoms with E-state index in [2.05, 4.69) is 42.6 Å². The molecule has 1 heterocycles. The molecular weight excluding hydrogens is 381 g/mol. The molecule has 0 saturated heterocycles. The minimum atomic E-state index is -0.224. The van der Waals surface area contributed by atoms with Gasteiger partial charge in [0, 0.05) is 26.3 Å². The number of nitrogens with one attached hydrogen (secondary N) is 1. The topological polar surface area (TPSA) is 12.0 Å². The zero-order chi connectivity index (χ0) is 13.1. The third kappa shape index (κ3) is 3.20. The van der Waals surface area contributed by atoms with E-state index in [-0.39, 0.29) is 11.9 Å². The van der Waals surface area contributed by atoms with Crippen LogP contribution in [-0.2, 0) is 6.42 Å². The molecule has 0 aliphatic heterocycles. The van der Waals surface area contributed by atoms with Crippen LogP contribution in [0, 0.1) is 5.82 Å². The molecule has 96 valence electrons. The van der Waals surface area contributed by atoms with Gasteiger partial charge in [-0.25, -0.2) is 4.39 Å². The maximum absolute atomic E-state index is 13.1. The molecule has 1 aromatic heterocycles. The number of hydrogen-bond donors (Lipinski definition) is 1. The summed E-state index contributed by atoms with van der Waals surface area (Å²) in [7, 11) is 1.92. The van der Waals surface area contributed by atoms with Crippen molar-refractivity contribution in [3.8, 4) is 0 Å². The first-order valence-electron chi connectivity index (χ1n) is 5.46. The van der Waals surface area contributed by atoms with Gasteiger partial charge in [0.15, 0.2) is 0 Å². The Hall–Kier alpha value is -0.230. The van der Waals surface area contributed by atoms with Crippen LogP contribution < -0.4 is 5.32 Å². The molecule has 0 bridgehead atoms. The van der Waals surface area contributed by atoms with Crippen molar-refractivity contribution < 1.29 is 4.39 Å². The number of rotatable bonds is 4. The van der Waals surface area contributed by atoms with Crippen LogP contribution in [-0.4, -0.2) is 7.05 Å². The maximum atomic E-state index is 13.1. The Morgan fingerprint density at radius 1 is 1.28 bits per heavy atom. The van der Waals surface area contributed by atoms with Crippen LogP contribution in [0.2, 0.25) is 0 Å². The van der Waals surface area contributed by atoms with E-state index in [4.69, 9.17) is 0 Å². The first-order chi connectivity index (χ1) is 8.61. The van der Waals surface area contributed by atoms with Gasteiger partial charge in [0.05, 0.1) is 0 Å². The van der Waals surface area contributed by atoms with E-state index < -0.39 is 0 Å².